The van der Waals surface area contributed by atoms with E-state index in [0.717, 1.165) is 19.4 Å². The first kappa shape index (κ1) is 18.4. The lowest BCUT2D eigenvalue weighted by atomic mass is 10.1. The Bertz CT molecular complexity index is 615. The first-order valence-electron chi connectivity index (χ1n) is 7.25. The van der Waals surface area contributed by atoms with E-state index < -0.39 is 9.84 Å². The maximum Gasteiger partial charge on any atom is 0.191 e. The van der Waals surface area contributed by atoms with Gasteiger partial charge in [0, 0.05) is 26.4 Å². The number of aliphatic imine (C=N–C) groups is 1. The van der Waals surface area contributed by atoms with Gasteiger partial charge in [-0.3, -0.25) is 4.99 Å². The Balaban J connectivity index is 2.77. The van der Waals surface area contributed by atoms with Crippen molar-refractivity contribution in [3.8, 4) is 0 Å². The van der Waals surface area contributed by atoms with Crippen LogP contribution in [-0.4, -0.2) is 34.2 Å². The molecule has 0 bridgehead atoms. The third-order valence-corrected chi connectivity index (χ3v) is 3.91. The number of nitrogens with one attached hydrogen (secondary N) is 2. The summed E-state index contributed by atoms with van der Waals surface area (Å²) in [6, 6.07) is 4.14. The van der Waals surface area contributed by atoms with Gasteiger partial charge < -0.3 is 10.6 Å². The topological polar surface area (TPSA) is 70.6 Å². The molecule has 0 saturated carbocycles. The van der Waals surface area contributed by atoms with Gasteiger partial charge in [-0.25, -0.2) is 12.8 Å². The monoisotopic (exact) mass is 329 g/mol. The van der Waals surface area contributed by atoms with Crippen molar-refractivity contribution < 1.29 is 12.8 Å². The Hall–Kier alpha value is -1.63. The molecule has 0 aliphatic carbocycles. The van der Waals surface area contributed by atoms with Crippen LogP contribution in [0.15, 0.2) is 23.2 Å². The molecule has 0 unspecified atom stereocenters. The number of unbranched alkanes of at least 4 members (excludes halogenated alkanes) is 1. The summed E-state index contributed by atoms with van der Waals surface area (Å²) in [5, 5.41) is 6.23. The van der Waals surface area contributed by atoms with E-state index in [-0.39, 0.29) is 11.6 Å². The second kappa shape index (κ2) is 8.73. The van der Waals surface area contributed by atoms with Gasteiger partial charge >= 0.3 is 0 Å². The van der Waals surface area contributed by atoms with Crippen molar-refractivity contribution in [2.45, 2.75) is 32.1 Å². The van der Waals surface area contributed by atoms with Gasteiger partial charge in [0.15, 0.2) is 15.8 Å². The molecule has 1 aromatic carbocycles. The smallest absolute Gasteiger partial charge is 0.191 e. The van der Waals surface area contributed by atoms with E-state index in [1.54, 1.807) is 7.05 Å². The number of sulfone groups is 1. The summed E-state index contributed by atoms with van der Waals surface area (Å²) in [5.74, 6) is 0.123. The van der Waals surface area contributed by atoms with Crippen LogP contribution in [0.1, 0.15) is 30.9 Å². The van der Waals surface area contributed by atoms with Crippen molar-refractivity contribution in [2.24, 2.45) is 4.99 Å². The number of guanidine groups is 1. The molecule has 0 fully saturated rings. The van der Waals surface area contributed by atoms with E-state index in [2.05, 4.69) is 22.5 Å². The molecule has 0 saturated heterocycles. The molecule has 2 N–H and O–H groups in total. The maximum atomic E-state index is 13.4. The van der Waals surface area contributed by atoms with Crippen LogP contribution in [0, 0.1) is 5.82 Å². The lowest BCUT2D eigenvalue weighted by Crippen LogP contribution is -2.37. The highest BCUT2D eigenvalue weighted by Gasteiger charge is 2.11. The Kier molecular flexibility index (Phi) is 7.31. The zero-order valence-corrected chi connectivity index (χ0v) is 14.1. The molecule has 0 heterocycles. The third-order valence-electron chi connectivity index (χ3n) is 3.08. The van der Waals surface area contributed by atoms with E-state index in [9.17, 15) is 12.8 Å². The Morgan fingerprint density at radius 2 is 2.00 bits per heavy atom. The van der Waals surface area contributed by atoms with Crippen molar-refractivity contribution >= 4 is 15.8 Å². The molecule has 0 aliphatic heterocycles. The second-order valence-corrected chi connectivity index (χ2v) is 7.33. The number of hydrogen-bond donors (Lipinski definition) is 2. The summed E-state index contributed by atoms with van der Waals surface area (Å²) < 4.78 is 36.3. The largest absolute Gasteiger partial charge is 0.356 e. The second-order valence-electron chi connectivity index (χ2n) is 5.19. The van der Waals surface area contributed by atoms with E-state index in [1.165, 1.54) is 24.5 Å². The average Bonchev–Trinajstić information content (AvgIpc) is 2.44. The van der Waals surface area contributed by atoms with Gasteiger partial charge in [-0.2, -0.15) is 0 Å². The average molecular weight is 329 g/mol. The number of nitrogens with zero attached hydrogens (tertiary/aromatic N) is 1. The van der Waals surface area contributed by atoms with Crippen LogP contribution >= 0.6 is 0 Å². The highest BCUT2D eigenvalue weighted by atomic mass is 32.2. The van der Waals surface area contributed by atoms with Gasteiger partial charge in [0.05, 0.1) is 5.75 Å². The van der Waals surface area contributed by atoms with Gasteiger partial charge in [-0.15, -0.1) is 0 Å². The van der Waals surface area contributed by atoms with Crippen LogP contribution in [0.25, 0.3) is 0 Å². The first-order chi connectivity index (χ1) is 10.4. The zero-order chi connectivity index (χ0) is 16.6. The van der Waals surface area contributed by atoms with Crippen molar-refractivity contribution in [3.63, 3.8) is 0 Å². The van der Waals surface area contributed by atoms with Crippen molar-refractivity contribution in [2.75, 3.05) is 19.8 Å². The number of rotatable bonds is 7. The Morgan fingerprint density at radius 1 is 1.27 bits per heavy atom. The summed E-state index contributed by atoms with van der Waals surface area (Å²) in [6.07, 6.45) is 3.27. The molecule has 7 heteroatoms. The van der Waals surface area contributed by atoms with Crippen LogP contribution in [-0.2, 0) is 22.1 Å². The lowest BCUT2D eigenvalue weighted by molar-refractivity contribution is 0.599. The Labute approximate surface area is 132 Å². The minimum Gasteiger partial charge on any atom is -0.356 e. The lowest BCUT2D eigenvalue weighted by Gasteiger charge is -2.14. The highest BCUT2D eigenvalue weighted by Crippen LogP contribution is 2.14. The molecule has 1 aromatic rings. The minimum absolute atomic E-state index is 0.105. The normalized spacial score (nSPS) is 12.3. The summed E-state index contributed by atoms with van der Waals surface area (Å²) in [5.41, 5.74) is 1.21. The van der Waals surface area contributed by atoms with Crippen LogP contribution in [0.2, 0.25) is 0 Å². The van der Waals surface area contributed by atoms with E-state index in [1.807, 2.05) is 0 Å². The molecule has 0 aliphatic rings. The van der Waals surface area contributed by atoms with E-state index in [0.29, 0.717) is 23.6 Å². The van der Waals surface area contributed by atoms with Gasteiger partial charge in [0.1, 0.15) is 5.82 Å². The molecule has 22 heavy (non-hydrogen) atoms. The SMILES string of the molecule is CCCCNC(=NC)NCc1cc(F)ccc1CS(C)(=O)=O. The highest BCUT2D eigenvalue weighted by molar-refractivity contribution is 7.89. The standard InChI is InChI=1S/C15H24FN3O2S/c1-4-5-8-18-15(17-2)19-10-13-9-14(16)7-6-12(13)11-22(3,20)21/h6-7,9H,4-5,8,10-11H2,1-3H3,(H2,17,18,19). The predicted molar refractivity (Wildman–Crippen MR) is 88.1 cm³/mol. The molecular formula is C15H24FN3O2S. The van der Waals surface area contributed by atoms with Crippen LogP contribution in [0.3, 0.4) is 0 Å². The molecule has 0 spiro atoms. The summed E-state index contributed by atoms with van der Waals surface area (Å²) in [4.78, 5) is 4.08. The van der Waals surface area contributed by atoms with Crippen LogP contribution < -0.4 is 10.6 Å². The first-order valence-corrected chi connectivity index (χ1v) is 9.31. The fraction of sp³-hybridized carbons (Fsp3) is 0.533. The molecule has 1 rings (SSSR count). The van der Waals surface area contributed by atoms with Crippen molar-refractivity contribution in [3.05, 3.63) is 35.1 Å². The number of benzene rings is 1. The molecular weight excluding hydrogens is 305 g/mol. The maximum absolute atomic E-state index is 13.4. The minimum atomic E-state index is -3.17. The summed E-state index contributed by atoms with van der Waals surface area (Å²) in [6.45, 7) is 3.21. The Morgan fingerprint density at radius 3 is 2.59 bits per heavy atom. The quantitative estimate of drug-likeness (QED) is 0.455. The zero-order valence-electron chi connectivity index (χ0n) is 13.3. The summed E-state index contributed by atoms with van der Waals surface area (Å²) in [7, 11) is -1.51. The molecule has 0 amide bonds. The van der Waals surface area contributed by atoms with Crippen molar-refractivity contribution in [1.29, 1.82) is 0 Å². The van der Waals surface area contributed by atoms with E-state index in [4.69, 9.17) is 0 Å². The van der Waals surface area contributed by atoms with Gasteiger partial charge in [0.25, 0.3) is 0 Å². The molecule has 0 aromatic heterocycles. The molecule has 0 radical (unpaired) electrons. The van der Waals surface area contributed by atoms with Gasteiger partial charge in [-0.05, 0) is 29.7 Å². The molecule has 124 valence electrons. The van der Waals surface area contributed by atoms with Gasteiger partial charge in [-0.1, -0.05) is 19.4 Å². The molecule has 5 nitrogen and oxygen atoms in total. The third kappa shape index (κ3) is 6.89. The van der Waals surface area contributed by atoms with Crippen molar-refractivity contribution in [1.82, 2.24) is 10.6 Å². The molecule has 0 atom stereocenters. The fourth-order valence-corrected chi connectivity index (χ4v) is 2.81. The fourth-order valence-electron chi connectivity index (χ4n) is 1.97. The number of halogens is 1. The van der Waals surface area contributed by atoms with Gasteiger partial charge in [0.2, 0.25) is 0 Å². The summed E-state index contributed by atoms with van der Waals surface area (Å²) >= 11 is 0. The van der Waals surface area contributed by atoms with Crippen LogP contribution in [0.5, 0.6) is 0 Å². The van der Waals surface area contributed by atoms with Crippen LogP contribution in [0.4, 0.5) is 4.39 Å². The number of hydrogen-bond acceptors (Lipinski definition) is 3. The van der Waals surface area contributed by atoms with E-state index >= 15 is 0 Å². The predicted octanol–water partition coefficient (Wildman–Crippen LogP) is 1.84.